The highest BCUT2D eigenvalue weighted by Crippen LogP contribution is 2.46. The van der Waals surface area contributed by atoms with Crippen LogP contribution in [-0.2, 0) is 10.8 Å². The third-order valence-corrected chi connectivity index (χ3v) is 22.6. The Labute approximate surface area is 662 Å². The second-order valence-electron chi connectivity index (χ2n) is 30.9. The van der Waals surface area contributed by atoms with Crippen LogP contribution in [0.15, 0.2) is 340 Å². The van der Waals surface area contributed by atoms with Gasteiger partial charge in [0.15, 0.2) is 5.70 Å². The highest BCUT2D eigenvalue weighted by molar-refractivity contribution is 14.1. The maximum Gasteiger partial charge on any atom is 0.252 e. The van der Waals surface area contributed by atoms with Gasteiger partial charge in [0, 0.05) is 95.7 Å². The number of nitrogens with zero attached hydrogens (tertiary/aromatic N) is 8. The average molecular weight is 1540 g/mol. The Morgan fingerprint density at radius 1 is 0.369 bits per heavy atom. The standard InChI is InChI=1S/C52H40BN5.C40H31BN5.C6H5I/c1-52(2,3)37-30-31-54-44(34-37)35-26-28-45-41(32-35)53-42-33-36(51-55-43-22-13-14-23-47(43)58(51)40-20-11-6-12-21-40)27-29-46(42)57(39-18-9-5-10-19-39)49-25-15-24-48(50(49)53)56(45)38-16-7-4-8-17-38;1-40(2,3)27-20-21-42-36(24-27)25-16-18-31-29(22-25)41-30-23-26(17-19-32(30)44-35-14-9-13-34(43-31)38(35)41)39-45-33-12-7-8-15-37(33)46(39)28-10-5-4-6-11-28;7-6-4-2-1-3-5-6/h4-34H,1-3H3;5-24,43-44H,1-3H3;1-5H/q;+1;. The number of allylic oxidation sites excluding steroid dienone is 6. The summed E-state index contributed by atoms with van der Waals surface area (Å²) < 4.78 is 5.84. The smallest absolute Gasteiger partial charge is 0.252 e. The first-order chi connectivity index (χ1) is 54.2. The van der Waals surface area contributed by atoms with Crippen molar-refractivity contribution in [3.63, 3.8) is 0 Å². The van der Waals surface area contributed by atoms with Gasteiger partial charge in [0.25, 0.3) is 13.4 Å². The molecule has 0 bridgehead atoms. The zero-order valence-electron chi connectivity index (χ0n) is 62.4. The van der Waals surface area contributed by atoms with Gasteiger partial charge in [0.2, 0.25) is 0 Å². The normalized spacial score (nSPS) is 13.2. The molecule has 12 aromatic carbocycles. The van der Waals surface area contributed by atoms with E-state index >= 15 is 0 Å². The molecule has 1 aliphatic carbocycles. The summed E-state index contributed by atoms with van der Waals surface area (Å²) in [5.41, 5.74) is 34.0. The molecule has 0 unspecified atom stereocenters. The van der Waals surface area contributed by atoms with E-state index in [-0.39, 0.29) is 24.3 Å². The van der Waals surface area contributed by atoms with Crippen LogP contribution in [0.5, 0.6) is 0 Å². The number of hydrogen-bond acceptors (Lipinski definition) is 8. The van der Waals surface area contributed by atoms with Crippen LogP contribution in [0.3, 0.4) is 0 Å². The highest BCUT2D eigenvalue weighted by atomic mass is 127. The van der Waals surface area contributed by atoms with Gasteiger partial charge in [-0.1, -0.05) is 187 Å². The number of nitrogens with one attached hydrogen (secondary N) is 2. The minimum Gasteiger partial charge on any atom is -0.356 e. The fourth-order valence-corrected chi connectivity index (χ4v) is 17.0. The van der Waals surface area contributed by atoms with Crippen molar-refractivity contribution in [2.75, 3.05) is 20.4 Å². The molecule has 2 N–H and O–H groups in total. The Hall–Kier alpha value is -12.9. The molecule has 0 spiro atoms. The second kappa shape index (κ2) is 27.9. The zero-order valence-corrected chi connectivity index (χ0v) is 64.6. The van der Waals surface area contributed by atoms with E-state index in [2.05, 4.69) is 391 Å². The van der Waals surface area contributed by atoms with Gasteiger partial charge in [0.1, 0.15) is 23.8 Å². The number of hydrogen-bond donors (Lipinski definition) is 2. The van der Waals surface area contributed by atoms with Crippen molar-refractivity contribution in [3.05, 3.63) is 361 Å². The van der Waals surface area contributed by atoms with E-state index in [4.69, 9.17) is 19.9 Å². The summed E-state index contributed by atoms with van der Waals surface area (Å²) in [6, 6.07) is 109. The molecule has 4 aliphatic heterocycles. The van der Waals surface area contributed by atoms with Crippen LogP contribution in [0, 0.1) is 9.65 Å². The van der Waals surface area contributed by atoms with Gasteiger partial charge in [-0.15, -0.1) is 0 Å². The molecule has 10 nitrogen and oxygen atoms in total. The van der Waals surface area contributed by atoms with Crippen molar-refractivity contribution in [1.82, 2.24) is 29.1 Å². The summed E-state index contributed by atoms with van der Waals surface area (Å²) in [5, 5.41) is 7.49. The van der Waals surface area contributed by atoms with Crippen molar-refractivity contribution < 1.29 is 0 Å². The quantitative estimate of drug-likeness (QED) is 0.0883. The number of rotatable bonds is 8. The number of halogens is 1. The molecule has 13 heteroatoms. The second-order valence-corrected chi connectivity index (χ2v) is 32.1. The fourth-order valence-electron chi connectivity index (χ4n) is 16.5. The predicted octanol–water partition coefficient (Wildman–Crippen LogP) is 20.9. The molecule has 0 amide bonds. The lowest BCUT2D eigenvalue weighted by molar-refractivity contribution is 0.589. The van der Waals surface area contributed by atoms with Gasteiger partial charge >= 0.3 is 0 Å². The van der Waals surface area contributed by atoms with Crippen LogP contribution in [0.1, 0.15) is 52.7 Å². The van der Waals surface area contributed by atoms with Crippen molar-refractivity contribution in [2.45, 2.75) is 52.4 Å². The molecule has 16 aromatic rings. The molecular formula is C98H76B2IN10+. The van der Waals surface area contributed by atoms with Gasteiger partial charge in [0.05, 0.1) is 45.6 Å². The molecular weight excluding hydrogens is 1470 g/mol. The van der Waals surface area contributed by atoms with Crippen LogP contribution in [-0.4, -0.2) is 42.5 Å². The molecule has 4 aromatic heterocycles. The number of fused-ring (bicyclic) bond motifs is 10. The Balaban J connectivity index is 0.000000141. The largest absolute Gasteiger partial charge is 0.356 e. The van der Waals surface area contributed by atoms with E-state index in [1.54, 1.807) is 0 Å². The van der Waals surface area contributed by atoms with Gasteiger partial charge < -0.3 is 20.4 Å². The van der Waals surface area contributed by atoms with Gasteiger partial charge in [-0.25, -0.2) is 9.97 Å². The van der Waals surface area contributed by atoms with E-state index in [0.29, 0.717) is 0 Å². The van der Waals surface area contributed by atoms with Crippen LogP contribution in [0.25, 0.3) is 78.7 Å². The first kappa shape index (κ1) is 68.6. The molecule has 0 radical (unpaired) electrons. The van der Waals surface area contributed by atoms with Crippen molar-refractivity contribution in [2.24, 2.45) is 0 Å². The number of para-hydroxylation sites is 7. The molecule has 0 saturated heterocycles. The number of benzene rings is 12. The number of pyridine rings is 2. The lowest BCUT2D eigenvalue weighted by atomic mass is 9.33. The Kier molecular flexibility index (Phi) is 17.3. The van der Waals surface area contributed by atoms with E-state index in [0.717, 1.165) is 124 Å². The molecule has 0 fully saturated rings. The van der Waals surface area contributed by atoms with Gasteiger partial charge in [-0.2, -0.15) is 0 Å². The first-order valence-corrected chi connectivity index (χ1v) is 39.0. The third-order valence-electron chi connectivity index (χ3n) is 21.9. The molecule has 5 aliphatic rings. The topological polar surface area (TPSA) is 92.0 Å². The summed E-state index contributed by atoms with van der Waals surface area (Å²) in [7, 11) is 0. The van der Waals surface area contributed by atoms with Gasteiger partial charge in [-0.3, -0.25) is 19.1 Å². The van der Waals surface area contributed by atoms with Crippen LogP contribution >= 0.6 is 22.6 Å². The SMILES string of the molecule is CC(C)(C)c1ccnc(-c2ccc3c(c2)B2c4cc(-c5nc6ccccc6n5-c5ccccc5)ccc4N(c4ccccc4)c4cccc(c42)N3c2ccccc2)c1.CC(C)(C)c1ccnc(-c2ccc3c(c2)B2c4cc(-c5nc6ccccc6n5C5=CC=[C+]C=C5)ccc4Nc4cccc(c42)N3)c1.Ic1ccccc1. The minimum absolute atomic E-state index is 0.000291. The summed E-state index contributed by atoms with van der Waals surface area (Å²) in [5.74, 6) is 1.83. The van der Waals surface area contributed by atoms with Crippen molar-refractivity contribution >= 4 is 153 Å². The van der Waals surface area contributed by atoms with Gasteiger partial charge in [-0.05, 0) is 246 Å². The maximum atomic E-state index is 5.32. The lowest BCUT2D eigenvalue weighted by Crippen LogP contribution is -2.61. The lowest BCUT2D eigenvalue weighted by Gasteiger charge is -2.44. The van der Waals surface area contributed by atoms with Crippen LogP contribution < -0.4 is 53.2 Å². The Morgan fingerprint density at radius 2 is 0.802 bits per heavy atom. The highest BCUT2D eigenvalue weighted by Gasteiger charge is 2.44. The summed E-state index contributed by atoms with van der Waals surface area (Å²) in [6.45, 7) is 13.5. The predicted molar refractivity (Wildman–Crippen MR) is 474 cm³/mol. The molecule has 21 rings (SSSR count). The average Bonchev–Trinajstić information content (AvgIpc) is 1.16. The molecule has 0 saturated carbocycles. The molecule has 8 heterocycles. The Bertz CT molecular complexity index is 6380. The van der Waals surface area contributed by atoms with Crippen molar-refractivity contribution in [3.8, 4) is 51.0 Å². The summed E-state index contributed by atoms with van der Waals surface area (Å²) >= 11 is 2.28. The van der Waals surface area contributed by atoms with Crippen LogP contribution in [0.4, 0.5) is 56.9 Å². The van der Waals surface area contributed by atoms with E-state index in [1.807, 2.05) is 48.8 Å². The fraction of sp³-hybridized carbons (Fsp3) is 0.0816. The number of imidazole rings is 2. The molecule has 530 valence electrons. The first-order valence-electron chi connectivity index (χ1n) is 37.9. The van der Waals surface area contributed by atoms with E-state index in [9.17, 15) is 0 Å². The summed E-state index contributed by atoms with van der Waals surface area (Å²) in [4.78, 5) is 25.1. The Morgan fingerprint density at radius 3 is 1.32 bits per heavy atom. The van der Waals surface area contributed by atoms with Crippen LogP contribution in [0.2, 0.25) is 0 Å². The monoisotopic (exact) mass is 1540 g/mol. The van der Waals surface area contributed by atoms with Crippen molar-refractivity contribution in [1.29, 1.82) is 0 Å². The minimum atomic E-state index is -0.0728. The van der Waals surface area contributed by atoms with E-state index < -0.39 is 0 Å². The number of anilines is 10. The number of aromatic nitrogens is 6. The van der Waals surface area contributed by atoms with E-state index in [1.165, 1.54) is 58.8 Å². The third kappa shape index (κ3) is 12.5. The zero-order chi connectivity index (χ0) is 75.1. The summed E-state index contributed by atoms with van der Waals surface area (Å²) in [6.07, 6.45) is 15.1. The molecule has 0 atom stereocenters. The maximum absolute atomic E-state index is 5.32. The molecule has 111 heavy (non-hydrogen) atoms.